The Morgan fingerprint density at radius 1 is 1.00 bits per heavy atom. The number of aromatic nitrogens is 3. The van der Waals surface area contributed by atoms with Crippen molar-refractivity contribution in [2.24, 2.45) is 5.73 Å². The van der Waals surface area contributed by atoms with Gasteiger partial charge in [0.05, 0.1) is 23.8 Å². The number of primary amides is 1. The van der Waals surface area contributed by atoms with Crippen LogP contribution in [-0.4, -0.2) is 81.3 Å². The second kappa shape index (κ2) is 17.1. The molecule has 0 spiro atoms. The maximum atomic E-state index is 15.6. The highest BCUT2D eigenvalue weighted by atomic mass is 19.1. The normalized spacial score (nSPS) is 16.7. The first kappa shape index (κ1) is 38.1. The van der Waals surface area contributed by atoms with E-state index in [4.69, 9.17) is 15.5 Å². The van der Waals surface area contributed by atoms with E-state index in [2.05, 4.69) is 46.6 Å². The fourth-order valence-corrected chi connectivity index (χ4v) is 7.85. The zero-order chi connectivity index (χ0) is 38.5. The third-order valence-electron chi connectivity index (χ3n) is 10.7. The molecule has 2 amide bonds. The lowest BCUT2D eigenvalue weighted by molar-refractivity contribution is 0.0729. The van der Waals surface area contributed by atoms with Gasteiger partial charge in [-0.1, -0.05) is 31.2 Å². The van der Waals surface area contributed by atoms with Crippen molar-refractivity contribution < 1.29 is 18.7 Å². The Morgan fingerprint density at radius 2 is 1.78 bits per heavy atom. The number of nitrogens with one attached hydrogen (secondary N) is 2. The fourth-order valence-electron chi connectivity index (χ4n) is 7.85. The van der Waals surface area contributed by atoms with Crippen LogP contribution >= 0.6 is 0 Å². The van der Waals surface area contributed by atoms with Gasteiger partial charge in [0.1, 0.15) is 5.82 Å². The first-order chi connectivity index (χ1) is 26.7. The molecule has 0 aliphatic carbocycles. The standard InChI is InChI=1S/C43H51FN8O3/c1-4-39-38(40(48-36-12-16-55-17-13-36)37-23-47-52(5-2)42(37)49-39)27-51(43(54)33-11-7-10-32(21-33)41(45)53)26-30-19-34(22-35(44)20-30)31-9-6-8-29(18-31)25-50-15-14-46-28(3)24-50/h6-11,18-23,28,36,46H,4-5,12-17,24-27H2,1-3H3,(H2,45,53)(H,48,49)/t28-/m0/s1. The molecule has 0 radical (unpaired) electrons. The maximum absolute atomic E-state index is 15.6. The number of nitrogens with zero attached hydrogens (tertiary/aromatic N) is 5. The van der Waals surface area contributed by atoms with Crippen LogP contribution in [0.3, 0.4) is 0 Å². The molecule has 2 saturated heterocycles. The number of aryl methyl sites for hydroxylation is 2. The third kappa shape index (κ3) is 8.88. The van der Waals surface area contributed by atoms with Crippen molar-refractivity contribution in [2.45, 2.75) is 78.3 Å². The number of amides is 2. The summed E-state index contributed by atoms with van der Waals surface area (Å²) in [6, 6.07) is 20.3. The summed E-state index contributed by atoms with van der Waals surface area (Å²) in [5, 5.41) is 12.8. The summed E-state index contributed by atoms with van der Waals surface area (Å²) in [6.07, 6.45) is 4.15. The maximum Gasteiger partial charge on any atom is 0.254 e. The molecule has 2 aliphatic rings. The van der Waals surface area contributed by atoms with Gasteiger partial charge < -0.3 is 26.0 Å². The van der Waals surface area contributed by atoms with Crippen molar-refractivity contribution in [3.8, 4) is 11.1 Å². The van der Waals surface area contributed by atoms with E-state index in [9.17, 15) is 9.59 Å². The lowest BCUT2D eigenvalue weighted by Crippen LogP contribution is -2.48. The summed E-state index contributed by atoms with van der Waals surface area (Å²) in [5.74, 6) is -1.32. The van der Waals surface area contributed by atoms with Crippen LogP contribution in [-0.2, 0) is 37.3 Å². The number of ether oxygens (including phenoxy) is 1. The number of hydrogen-bond donors (Lipinski definition) is 3. The number of benzene rings is 3. The van der Waals surface area contributed by atoms with Gasteiger partial charge in [0, 0.05) is 87.0 Å². The molecule has 55 heavy (non-hydrogen) atoms. The number of rotatable bonds is 13. The largest absolute Gasteiger partial charge is 0.381 e. The molecule has 2 aromatic heterocycles. The van der Waals surface area contributed by atoms with Crippen LogP contribution < -0.4 is 16.4 Å². The quantitative estimate of drug-likeness (QED) is 0.131. The monoisotopic (exact) mass is 746 g/mol. The van der Waals surface area contributed by atoms with Crippen LogP contribution in [0.1, 0.15) is 76.7 Å². The number of pyridine rings is 1. The van der Waals surface area contributed by atoms with Crippen LogP contribution in [0.25, 0.3) is 22.2 Å². The van der Waals surface area contributed by atoms with Crippen LogP contribution in [0.5, 0.6) is 0 Å². The minimum atomic E-state index is -0.622. The van der Waals surface area contributed by atoms with Gasteiger partial charge in [-0.3, -0.25) is 14.5 Å². The van der Waals surface area contributed by atoms with Gasteiger partial charge in [0.25, 0.3) is 5.91 Å². The van der Waals surface area contributed by atoms with E-state index in [1.54, 1.807) is 29.2 Å². The molecule has 2 aliphatic heterocycles. The van der Waals surface area contributed by atoms with E-state index < -0.39 is 5.91 Å². The Bertz CT molecular complexity index is 2160. The van der Waals surface area contributed by atoms with Crippen molar-refractivity contribution in [3.63, 3.8) is 0 Å². The molecule has 0 unspecified atom stereocenters. The van der Waals surface area contributed by atoms with E-state index in [0.29, 0.717) is 43.3 Å². The van der Waals surface area contributed by atoms with Gasteiger partial charge in [-0.15, -0.1) is 0 Å². The molecule has 7 rings (SSSR count). The Hall–Kier alpha value is -5.17. The van der Waals surface area contributed by atoms with Crippen LogP contribution in [0.2, 0.25) is 0 Å². The summed E-state index contributed by atoms with van der Waals surface area (Å²) in [6.45, 7) is 12.3. The summed E-state index contributed by atoms with van der Waals surface area (Å²) >= 11 is 0. The zero-order valence-electron chi connectivity index (χ0n) is 32.0. The van der Waals surface area contributed by atoms with Gasteiger partial charge in [0.15, 0.2) is 5.65 Å². The minimum absolute atomic E-state index is 0.106. The highest BCUT2D eigenvalue weighted by molar-refractivity contribution is 5.99. The van der Waals surface area contributed by atoms with Crippen LogP contribution in [0.4, 0.5) is 10.1 Å². The predicted octanol–water partition coefficient (Wildman–Crippen LogP) is 6.15. The lowest BCUT2D eigenvalue weighted by atomic mass is 9.99. The third-order valence-corrected chi connectivity index (χ3v) is 10.7. The number of anilines is 1. The first-order valence-corrected chi connectivity index (χ1v) is 19.4. The van der Waals surface area contributed by atoms with E-state index in [-0.39, 0.29) is 36.4 Å². The highest BCUT2D eigenvalue weighted by Crippen LogP contribution is 2.33. The van der Waals surface area contributed by atoms with E-state index in [1.807, 2.05) is 36.0 Å². The zero-order valence-corrected chi connectivity index (χ0v) is 32.0. The predicted molar refractivity (Wildman–Crippen MR) is 213 cm³/mol. The molecule has 12 heteroatoms. The number of halogens is 1. The molecule has 3 aromatic carbocycles. The molecule has 0 saturated carbocycles. The van der Waals surface area contributed by atoms with Crippen molar-refractivity contribution in [1.82, 2.24) is 29.9 Å². The van der Waals surface area contributed by atoms with Crippen molar-refractivity contribution in [2.75, 3.05) is 38.2 Å². The molecule has 288 valence electrons. The summed E-state index contributed by atoms with van der Waals surface area (Å²) in [7, 11) is 0. The van der Waals surface area contributed by atoms with E-state index in [0.717, 1.165) is 83.7 Å². The first-order valence-electron chi connectivity index (χ1n) is 19.4. The molecule has 0 bridgehead atoms. The van der Waals surface area contributed by atoms with Crippen molar-refractivity contribution >= 4 is 28.5 Å². The molecule has 2 fully saturated rings. The minimum Gasteiger partial charge on any atom is -0.381 e. The molecule has 4 N–H and O–H groups in total. The number of nitrogens with two attached hydrogens (primary N) is 1. The van der Waals surface area contributed by atoms with Gasteiger partial charge >= 0.3 is 0 Å². The summed E-state index contributed by atoms with van der Waals surface area (Å²) in [4.78, 5) is 36.1. The second-order valence-corrected chi connectivity index (χ2v) is 14.7. The molecule has 1 atom stereocenters. The number of carbonyl (C=O) groups excluding carboxylic acids is 2. The average Bonchev–Trinajstić information content (AvgIpc) is 3.61. The Kier molecular flexibility index (Phi) is 11.8. The summed E-state index contributed by atoms with van der Waals surface area (Å²) in [5.41, 5.74) is 13.0. The Balaban J connectivity index is 1.27. The molecule has 4 heterocycles. The van der Waals surface area contributed by atoms with Crippen LogP contribution in [0, 0.1) is 5.82 Å². The van der Waals surface area contributed by atoms with Gasteiger partial charge in [-0.2, -0.15) is 5.10 Å². The van der Waals surface area contributed by atoms with Crippen LogP contribution in [0.15, 0.2) is 72.9 Å². The Labute approximate surface area is 322 Å². The van der Waals surface area contributed by atoms with Crippen molar-refractivity contribution in [3.05, 3.63) is 112 Å². The van der Waals surface area contributed by atoms with E-state index in [1.165, 1.54) is 12.1 Å². The second-order valence-electron chi connectivity index (χ2n) is 14.7. The van der Waals surface area contributed by atoms with E-state index >= 15 is 4.39 Å². The highest BCUT2D eigenvalue weighted by Gasteiger charge is 2.26. The topological polar surface area (TPSA) is 131 Å². The number of fused-ring (bicyclic) bond motifs is 1. The smallest absolute Gasteiger partial charge is 0.254 e. The average molecular weight is 747 g/mol. The van der Waals surface area contributed by atoms with Crippen molar-refractivity contribution in [1.29, 1.82) is 0 Å². The van der Waals surface area contributed by atoms with Gasteiger partial charge in [-0.25, -0.2) is 14.1 Å². The molecule has 11 nitrogen and oxygen atoms in total. The molecular formula is C43H51FN8O3. The van der Waals surface area contributed by atoms with Gasteiger partial charge in [0.2, 0.25) is 5.91 Å². The van der Waals surface area contributed by atoms with Gasteiger partial charge in [-0.05, 0) is 97.8 Å². The fraction of sp³-hybridized carbons (Fsp3) is 0.395. The SMILES string of the molecule is CCc1nc2c(cnn2CC)c(NC2CCOCC2)c1CN(Cc1cc(F)cc(-c2cccc(CN3CCN[C@@H](C)C3)c2)c1)C(=O)c1cccc(C(N)=O)c1. The lowest BCUT2D eigenvalue weighted by Gasteiger charge is -2.31. The summed E-state index contributed by atoms with van der Waals surface area (Å²) < 4.78 is 23.2. The number of carbonyl (C=O) groups is 2. The number of hydrogen-bond acceptors (Lipinski definition) is 8. The molecular weight excluding hydrogens is 696 g/mol. The molecule has 5 aromatic rings. The Morgan fingerprint density at radius 3 is 2.55 bits per heavy atom. The number of piperazine rings is 1.